The summed E-state index contributed by atoms with van der Waals surface area (Å²) >= 11 is -1.28. The van der Waals surface area contributed by atoms with E-state index in [9.17, 15) is 17.6 Å². The van der Waals surface area contributed by atoms with Gasteiger partial charge in [-0.25, -0.2) is 0 Å². The Morgan fingerprint density at radius 3 is 1.36 bits per heavy atom. The van der Waals surface area contributed by atoms with Crippen molar-refractivity contribution in [1.29, 1.82) is 10.5 Å². The normalized spacial score (nSPS) is 11.8. The van der Waals surface area contributed by atoms with Crippen LogP contribution in [0.3, 0.4) is 0 Å². The SMILES string of the molecule is N#CC(F)(F)SC(F)(F)C#N. The van der Waals surface area contributed by atoms with Crippen LogP contribution in [0.4, 0.5) is 17.6 Å². The van der Waals surface area contributed by atoms with E-state index < -0.39 is 22.3 Å². The maximum Gasteiger partial charge on any atom is 0.386 e. The summed E-state index contributed by atoms with van der Waals surface area (Å²) in [5, 5.41) is 6.73. The number of nitriles is 2. The molecule has 0 aliphatic rings. The van der Waals surface area contributed by atoms with E-state index in [-0.39, 0.29) is 0 Å². The molecule has 0 N–H and O–H groups in total. The van der Waals surface area contributed by atoms with E-state index in [1.54, 1.807) is 0 Å². The van der Waals surface area contributed by atoms with Crippen molar-refractivity contribution in [3.63, 3.8) is 0 Å². The Balaban J connectivity index is 4.31. The lowest BCUT2D eigenvalue weighted by molar-refractivity contribution is 0.134. The number of rotatable bonds is 2. The maximum atomic E-state index is 11.8. The van der Waals surface area contributed by atoms with Crippen molar-refractivity contribution in [3.05, 3.63) is 0 Å². The minimum absolute atomic E-state index is 0.330. The highest BCUT2D eigenvalue weighted by Gasteiger charge is 2.44. The van der Waals surface area contributed by atoms with Crippen molar-refractivity contribution in [3.8, 4) is 12.1 Å². The van der Waals surface area contributed by atoms with Gasteiger partial charge in [-0.3, -0.25) is 0 Å². The maximum absolute atomic E-state index is 11.8. The van der Waals surface area contributed by atoms with Crippen LogP contribution in [-0.2, 0) is 0 Å². The average Bonchev–Trinajstić information content (AvgIpc) is 1.86. The number of thioether (sulfide) groups is 1. The molecule has 0 fully saturated rings. The highest BCUT2D eigenvalue weighted by atomic mass is 32.2. The van der Waals surface area contributed by atoms with E-state index in [2.05, 4.69) is 0 Å². The Morgan fingerprint density at radius 1 is 0.909 bits per heavy atom. The van der Waals surface area contributed by atoms with Crippen LogP contribution < -0.4 is 0 Å². The predicted octanol–water partition coefficient (Wildman–Crippen LogP) is 1.95. The van der Waals surface area contributed by atoms with E-state index in [0.717, 1.165) is 0 Å². The zero-order valence-corrected chi connectivity index (χ0v) is 5.63. The fourth-order valence-electron chi connectivity index (χ4n) is 0.207. The van der Waals surface area contributed by atoms with Gasteiger partial charge in [0.05, 0.1) is 0 Å². The molecule has 0 radical (unpaired) electrons. The van der Waals surface area contributed by atoms with Crippen molar-refractivity contribution in [1.82, 2.24) is 0 Å². The molecule has 0 aromatic heterocycles. The number of halogens is 4. The Bertz CT molecular complexity index is 201. The van der Waals surface area contributed by atoms with E-state index >= 15 is 0 Å². The monoisotopic (exact) mass is 184 g/mol. The van der Waals surface area contributed by atoms with Crippen LogP contribution in [0.15, 0.2) is 0 Å². The topological polar surface area (TPSA) is 47.6 Å². The molecule has 11 heavy (non-hydrogen) atoms. The first-order valence-corrected chi connectivity index (χ1v) is 2.93. The van der Waals surface area contributed by atoms with Crippen molar-refractivity contribution < 1.29 is 17.6 Å². The van der Waals surface area contributed by atoms with Gasteiger partial charge in [-0.15, -0.1) is 0 Å². The van der Waals surface area contributed by atoms with Crippen LogP contribution in [0.2, 0.25) is 0 Å². The molecule has 0 aliphatic carbocycles. The third-order valence-electron chi connectivity index (χ3n) is 0.517. The minimum atomic E-state index is -4.22. The lowest BCUT2D eigenvalue weighted by Gasteiger charge is -2.09. The quantitative estimate of drug-likeness (QED) is 0.616. The third kappa shape index (κ3) is 3.68. The third-order valence-corrected chi connectivity index (χ3v) is 1.21. The molecule has 7 heteroatoms. The van der Waals surface area contributed by atoms with Crippen LogP contribution in [0.1, 0.15) is 0 Å². The van der Waals surface area contributed by atoms with Gasteiger partial charge < -0.3 is 0 Å². The summed E-state index contributed by atoms with van der Waals surface area (Å²) in [7, 11) is 0. The Hall–Kier alpha value is -0.950. The molecule has 0 bridgehead atoms. The van der Waals surface area contributed by atoms with Gasteiger partial charge in [-0.1, -0.05) is 0 Å². The molecule has 0 spiro atoms. The number of nitrogens with zero attached hydrogens (tertiary/aromatic N) is 2. The highest BCUT2D eigenvalue weighted by molar-refractivity contribution is 8.01. The summed E-state index contributed by atoms with van der Waals surface area (Å²) < 4.78 is 47.2. The van der Waals surface area contributed by atoms with Crippen LogP contribution >= 0.6 is 11.8 Å². The molecule has 0 aliphatic heterocycles. The van der Waals surface area contributed by atoms with Gasteiger partial charge in [0.25, 0.3) is 0 Å². The number of hydrogen-bond donors (Lipinski definition) is 0. The first-order valence-electron chi connectivity index (χ1n) is 2.11. The molecule has 2 nitrogen and oxygen atoms in total. The first-order chi connectivity index (χ1) is 4.83. The van der Waals surface area contributed by atoms with Gasteiger partial charge in [0.15, 0.2) is 12.1 Å². The molecule has 0 saturated heterocycles. The summed E-state index contributed by atoms with van der Waals surface area (Å²) in [5.74, 6) is 0. The van der Waals surface area contributed by atoms with Crippen molar-refractivity contribution in [2.75, 3.05) is 0 Å². The van der Waals surface area contributed by atoms with E-state index in [1.807, 2.05) is 0 Å². The van der Waals surface area contributed by atoms with Crippen LogP contribution in [-0.4, -0.2) is 10.5 Å². The van der Waals surface area contributed by atoms with Gasteiger partial charge >= 0.3 is 10.5 Å². The standard InChI is InChI=1S/C4F4N2S/c5-3(6,1-9)11-4(7,8)2-10. The largest absolute Gasteiger partial charge is 0.386 e. The zero-order valence-electron chi connectivity index (χ0n) is 4.81. The summed E-state index contributed by atoms with van der Waals surface area (Å²) in [5.41, 5.74) is 0. The van der Waals surface area contributed by atoms with Gasteiger partial charge in [-0.2, -0.15) is 28.1 Å². The van der Waals surface area contributed by atoms with Crippen LogP contribution in [0.25, 0.3) is 0 Å². The molecule has 0 heterocycles. The Labute approximate surface area is 63.4 Å². The average molecular weight is 184 g/mol. The first kappa shape index (κ1) is 10.0. The molecular formula is C4F4N2S. The zero-order chi connectivity index (χ0) is 9.12. The fourth-order valence-corrected chi connectivity index (χ4v) is 0.620. The van der Waals surface area contributed by atoms with Gasteiger partial charge in [0, 0.05) is 11.8 Å². The van der Waals surface area contributed by atoms with Gasteiger partial charge in [0.1, 0.15) is 0 Å². The Kier molecular flexibility index (Phi) is 2.71. The second-order valence-electron chi connectivity index (χ2n) is 1.36. The summed E-state index contributed by atoms with van der Waals surface area (Å²) in [6.45, 7) is 0. The lowest BCUT2D eigenvalue weighted by Crippen LogP contribution is -2.18. The summed E-state index contributed by atoms with van der Waals surface area (Å²) in [6, 6.07) is 0.661. The summed E-state index contributed by atoms with van der Waals surface area (Å²) in [4.78, 5) is 0. The highest BCUT2D eigenvalue weighted by Crippen LogP contribution is 2.40. The van der Waals surface area contributed by atoms with Crippen molar-refractivity contribution >= 4 is 11.8 Å². The second-order valence-corrected chi connectivity index (χ2v) is 2.59. The molecule has 0 aromatic rings. The second kappa shape index (κ2) is 2.97. The van der Waals surface area contributed by atoms with E-state index in [0.29, 0.717) is 12.1 Å². The van der Waals surface area contributed by atoms with E-state index in [4.69, 9.17) is 10.5 Å². The fraction of sp³-hybridized carbons (Fsp3) is 0.500. The molecule has 60 valence electrons. The lowest BCUT2D eigenvalue weighted by atomic mass is 10.8. The minimum Gasteiger partial charge on any atom is -0.191 e. The van der Waals surface area contributed by atoms with Gasteiger partial charge in [0.2, 0.25) is 0 Å². The van der Waals surface area contributed by atoms with Crippen molar-refractivity contribution in [2.24, 2.45) is 0 Å². The predicted molar refractivity (Wildman–Crippen MR) is 28.7 cm³/mol. The molecule has 0 saturated carbocycles. The number of alkyl halides is 4. The van der Waals surface area contributed by atoms with Gasteiger partial charge in [-0.05, 0) is 0 Å². The Morgan fingerprint density at radius 2 is 1.18 bits per heavy atom. The van der Waals surface area contributed by atoms with E-state index in [1.165, 1.54) is 0 Å². The molecule has 0 atom stereocenters. The molecule has 0 unspecified atom stereocenters. The summed E-state index contributed by atoms with van der Waals surface area (Å²) in [6.07, 6.45) is 0. The smallest absolute Gasteiger partial charge is 0.191 e. The molecule has 0 aromatic carbocycles. The molecular weight excluding hydrogens is 184 g/mol. The molecule has 0 amide bonds. The van der Waals surface area contributed by atoms with Crippen LogP contribution in [0.5, 0.6) is 0 Å². The van der Waals surface area contributed by atoms with Crippen LogP contribution in [0, 0.1) is 22.7 Å². The van der Waals surface area contributed by atoms with Crippen molar-refractivity contribution in [2.45, 2.75) is 10.5 Å². The molecule has 0 rings (SSSR count). The number of hydrogen-bond acceptors (Lipinski definition) is 3.